The molecule has 0 bridgehead atoms. The Labute approximate surface area is 161 Å². The van der Waals surface area contributed by atoms with Gasteiger partial charge in [0, 0.05) is 15.5 Å². The Balaban J connectivity index is 1.55. The highest BCUT2D eigenvalue weighted by atomic mass is 35.5. The maximum absolute atomic E-state index is 12.7. The number of hydrogen-bond acceptors (Lipinski definition) is 4. The average molecular weight is 395 g/mol. The van der Waals surface area contributed by atoms with E-state index in [4.69, 9.17) is 11.6 Å². The van der Waals surface area contributed by atoms with Crippen LogP contribution in [0.2, 0.25) is 5.02 Å². The van der Waals surface area contributed by atoms with Crippen LogP contribution in [0.4, 0.5) is 5.13 Å². The fourth-order valence-electron chi connectivity index (χ4n) is 3.02. The van der Waals surface area contributed by atoms with E-state index in [1.54, 1.807) is 0 Å². The molecule has 126 valence electrons. The van der Waals surface area contributed by atoms with E-state index in [1.165, 1.54) is 22.7 Å². The second kappa shape index (κ2) is 6.06. The summed E-state index contributed by atoms with van der Waals surface area (Å²) in [4.78, 5) is 17.8. The lowest BCUT2D eigenvalue weighted by Gasteiger charge is -1.98. The van der Waals surface area contributed by atoms with Gasteiger partial charge in [0.05, 0.1) is 15.2 Å². The number of hydrogen-bond donors (Lipinski definition) is 1. The number of nitrogens with one attached hydrogen (secondary N) is 1. The summed E-state index contributed by atoms with van der Waals surface area (Å²) >= 11 is 9.28. The molecule has 1 amide bonds. The number of carbonyl (C=O) groups excluding carboxylic acids is 1. The van der Waals surface area contributed by atoms with E-state index in [9.17, 15) is 4.79 Å². The summed E-state index contributed by atoms with van der Waals surface area (Å²) in [6.45, 7) is 0. The minimum Gasteiger partial charge on any atom is -0.297 e. The van der Waals surface area contributed by atoms with Gasteiger partial charge in [-0.15, -0.1) is 11.3 Å². The molecule has 0 aliphatic rings. The molecule has 5 aromatic rings. The third-order valence-electron chi connectivity index (χ3n) is 4.24. The van der Waals surface area contributed by atoms with Crippen molar-refractivity contribution in [1.29, 1.82) is 0 Å². The number of anilines is 1. The molecule has 0 aliphatic heterocycles. The highest BCUT2D eigenvalue weighted by molar-refractivity contribution is 7.24. The lowest BCUT2D eigenvalue weighted by atomic mass is 10.1. The van der Waals surface area contributed by atoms with Gasteiger partial charge in [-0.1, -0.05) is 71.5 Å². The van der Waals surface area contributed by atoms with Crippen LogP contribution in [-0.2, 0) is 0 Å². The smallest absolute Gasteiger partial charge is 0.269 e. The average Bonchev–Trinajstić information content (AvgIpc) is 3.23. The van der Waals surface area contributed by atoms with Gasteiger partial charge < -0.3 is 0 Å². The quantitative estimate of drug-likeness (QED) is 0.368. The summed E-state index contributed by atoms with van der Waals surface area (Å²) in [5.41, 5.74) is 0.881. The molecule has 6 heteroatoms. The van der Waals surface area contributed by atoms with Gasteiger partial charge >= 0.3 is 0 Å². The van der Waals surface area contributed by atoms with Crippen LogP contribution in [0.3, 0.4) is 0 Å². The highest BCUT2D eigenvalue weighted by Gasteiger charge is 2.18. The molecule has 0 unspecified atom stereocenters. The summed E-state index contributed by atoms with van der Waals surface area (Å²) in [5, 5.41) is 7.19. The third kappa shape index (κ3) is 2.48. The van der Waals surface area contributed by atoms with Crippen LogP contribution in [0.25, 0.3) is 31.1 Å². The number of amides is 1. The van der Waals surface area contributed by atoms with Gasteiger partial charge in [0.1, 0.15) is 4.88 Å². The van der Waals surface area contributed by atoms with Crippen LogP contribution in [-0.4, -0.2) is 10.9 Å². The van der Waals surface area contributed by atoms with Gasteiger partial charge in [-0.2, -0.15) is 0 Å². The molecule has 0 saturated carbocycles. The monoisotopic (exact) mass is 394 g/mol. The standard InChI is InChI=1S/C20H11ClN2OS2/c21-16-13-7-3-4-8-15(13)25-18(16)19(24)23-20-22-14-10-9-11-5-1-2-6-12(11)17(14)26-20/h1-10H,(H,22,23,24). The summed E-state index contributed by atoms with van der Waals surface area (Å²) in [6, 6.07) is 20.0. The second-order valence-corrected chi connectivity index (χ2v) is 8.28. The lowest BCUT2D eigenvalue weighted by molar-refractivity contribution is 0.103. The molecular formula is C20H11ClN2OS2. The number of rotatable bonds is 2. The number of thiazole rings is 1. The molecular weight excluding hydrogens is 384 g/mol. The first kappa shape index (κ1) is 15.8. The summed E-state index contributed by atoms with van der Waals surface area (Å²) < 4.78 is 2.07. The molecule has 3 nitrogen and oxygen atoms in total. The minimum atomic E-state index is -0.223. The lowest BCUT2D eigenvalue weighted by Crippen LogP contribution is -2.10. The van der Waals surface area contributed by atoms with Crippen molar-refractivity contribution in [3.05, 3.63) is 70.6 Å². The van der Waals surface area contributed by atoms with Gasteiger partial charge in [-0.3, -0.25) is 10.1 Å². The van der Waals surface area contributed by atoms with E-state index in [-0.39, 0.29) is 5.91 Å². The number of benzene rings is 3. The van der Waals surface area contributed by atoms with Crippen molar-refractivity contribution >= 4 is 76.4 Å². The zero-order valence-electron chi connectivity index (χ0n) is 13.3. The van der Waals surface area contributed by atoms with Crippen LogP contribution >= 0.6 is 34.3 Å². The largest absolute Gasteiger partial charge is 0.297 e. The maximum Gasteiger partial charge on any atom is 0.269 e. The van der Waals surface area contributed by atoms with E-state index >= 15 is 0 Å². The predicted molar refractivity (Wildman–Crippen MR) is 112 cm³/mol. The van der Waals surface area contributed by atoms with Crippen molar-refractivity contribution in [2.24, 2.45) is 0 Å². The van der Waals surface area contributed by atoms with E-state index in [2.05, 4.69) is 22.4 Å². The minimum absolute atomic E-state index is 0.223. The molecule has 26 heavy (non-hydrogen) atoms. The van der Waals surface area contributed by atoms with Crippen LogP contribution in [0.1, 0.15) is 9.67 Å². The number of halogens is 1. The second-order valence-electron chi connectivity index (χ2n) is 5.85. The number of nitrogens with zero attached hydrogens (tertiary/aromatic N) is 1. The summed E-state index contributed by atoms with van der Waals surface area (Å²) in [6.07, 6.45) is 0. The number of thiophene rings is 1. The molecule has 3 aromatic carbocycles. The van der Waals surface area contributed by atoms with Crippen molar-refractivity contribution in [1.82, 2.24) is 4.98 Å². The van der Waals surface area contributed by atoms with E-state index in [1.807, 2.05) is 48.5 Å². The first-order chi connectivity index (χ1) is 12.7. The molecule has 0 fully saturated rings. The Bertz CT molecular complexity index is 1310. The molecule has 2 aromatic heterocycles. The number of fused-ring (bicyclic) bond motifs is 4. The van der Waals surface area contributed by atoms with Gasteiger partial charge in [0.25, 0.3) is 5.91 Å². The van der Waals surface area contributed by atoms with E-state index in [0.717, 1.165) is 31.1 Å². The van der Waals surface area contributed by atoms with Gasteiger partial charge in [-0.25, -0.2) is 4.98 Å². The fraction of sp³-hybridized carbons (Fsp3) is 0. The Hall–Kier alpha value is -2.47. The first-order valence-electron chi connectivity index (χ1n) is 7.97. The molecule has 0 aliphatic carbocycles. The molecule has 0 spiro atoms. The molecule has 5 rings (SSSR count). The molecule has 1 N–H and O–H groups in total. The Morgan fingerprint density at radius 2 is 1.69 bits per heavy atom. The van der Waals surface area contributed by atoms with E-state index in [0.29, 0.717) is 15.0 Å². The molecule has 0 atom stereocenters. The molecule has 0 saturated heterocycles. The summed E-state index contributed by atoms with van der Waals surface area (Å²) in [5.74, 6) is -0.223. The normalized spacial score (nSPS) is 11.4. The zero-order valence-corrected chi connectivity index (χ0v) is 15.7. The highest BCUT2D eigenvalue weighted by Crippen LogP contribution is 2.37. The SMILES string of the molecule is O=C(Nc1nc2ccc3ccccc3c2s1)c1sc2ccccc2c1Cl. The zero-order chi connectivity index (χ0) is 17.7. The number of aromatic nitrogens is 1. The van der Waals surface area contributed by atoms with Crippen molar-refractivity contribution in [3.63, 3.8) is 0 Å². The van der Waals surface area contributed by atoms with Crippen molar-refractivity contribution < 1.29 is 4.79 Å². The Morgan fingerprint density at radius 1 is 0.923 bits per heavy atom. The molecule has 2 heterocycles. The van der Waals surface area contributed by atoms with Crippen LogP contribution < -0.4 is 5.32 Å². The first-order valence-corrected chi connectivity index (χ1v) is 9.98. The summed E-state index contributed by atoms with van der Waals surface area (Å²) in [7, 11) is 0. The van der Waals surface area contributed by atoms with Gasteiger partial charge in [0.15, 0.2) is 5.13 Å². The van der Waals surface area contributed by atoms with Crippen LogP contribution in [0, 0.1) is 0 Å². The predicted octanol–water partition coefficient (Wildman–Crippen LogP) is 6.57. The topological polar surface area (TPSA) is 42.0 Å². The van der Waals surface area contributed by atoms with Gasteiger partial charge in [-0.05, 0) is 17.5 Å². The van der Waals surface area contributed by atoms with Crippen molar-refractivity contribution in [3.8, 4) is 0 Å². The van der Waals surface area contributed by atoms with Gasteiger partial charge in [0.2, 0.25) is 0 Å². The van der Waals surface area contributed by atoms with E-state index < -0.39 is 0 Å². The fourth-order valence-corrected chi connectivity index (χ4v) is 5.43. The Kier molecular flexibility index (Phi) is 3.67. The van der Waals surface area contributed by atoms with Crippen molar-refractivity contribution in [2.45, 2.75) is 0 Å². The number of carbonyl (C=O) groups is 1. The maximum atomic E-state index is 12.7. The third-order valence-corrected chi connectivity index (χ3v) is 6.94. The van der Waals surface area contributed by atoms with Crippen LogP contribution in [0.15, 0.2) is 60.7 Å². The molecule has 0 radical (unpaired) electrons. The van der Waals surface area contributed by atoms with Crippen LogP contribution in [0.5, 0.6) is 0 Å². The van der Waals surface area contributed by atoms with Crippen molar-refractivity contribution in [2.75, 3.05) is 5.32 Å². The Morgan fingerprint density at radius 3 is 2.54 bits per heavy atom.